The van der Waals surface area contributed by atoms with Gasteiger partial charge in [0.2, 0.25) is 0 Å². The van der Waals surface area contributed by atoms with Crippen molar-refractivity contribution in [1.82, 2.24) is 0 Å². The first-order valence-electron chi connectivity index (χ1n) is 8.20. The maximum absolute atomic E-state index is 6.36. The van der Waals surface area contributed by atoms with Gasteiger partial charge in [0, 0.05) is 15.6 Å². The third-order valence-corrected chi connectivity index (χ3v) is 5.03. The van der Waals surface area contributed by atoms with Crippen molar-refractivity contribution < 1.29 is 0 Å². The van der Waals surface area contributed by atoms with E-state index >= 15 is 0 Å². The fraction of sp³-hybridized carbons (Fsp3) is 0.182. The average Bonchev–Trinajstić information content (AvgIpc) is 2.58. The lowest BCUT2D eigenvalue weighted by molar-refractivity contribution is 0.467. The Morgan fingerprint density at radius 2 is 1.29 bits per heavy atom. The van der Waals surface area contributed by atoms with E-state index in [0.717, 1.165) is 23.0 Å². The first-order chi connectivity index (χ1) is 11.6. The molecule has 0 atom stereocenters. The maximum atomic E-state index is 6.36. The summed E-state index contributed by atoms with van der Waals surface area (Å²) < 4.78 is 1.07. The predicted molar refractivity (Wildman–Crippen MR) is 106 cm³/mol. The van der Waals surface area contributed by atoms with E-state index in [4.69, 9.17) is 5.73 Å². The summed E-state index contributed by atoms with van der Waals surface area (Å²) in [6.45, 7) is 2.31. The molecule has 122 valence electrons. The number of benzene rings is 3. The molecule has 2 N–H and O–H groups in total. The van der Waals surface area contributed by atoms with Crippen LogP contribution in [0.25, 0.3) is 0 Å². The van der Waals surface area contributed by atoms with Gasteiger partial charge in [-0.15, -0.1) is 0 Å². The highest BCUT2D eigenvalue weighted by Gasteiger charge is 2.29. The predicted octanol–water partition coefficient (Wildman–Crippen LogP) is 5.77. The van der Waals surface area contributed by atoms with Crippen LogP contribution >= 0.6 is 15.9 Å². The van der Waals surface area contributed by atoms with Crippen LogP contribution in [0.4, 0.5) is 5.69 Å². The zero-order valence-electron chi connectivity index (χ0n) is 13.9. The smallest absolute Gasteiger partial charge is 0.0353 e. The Morgan fingerprint density at radius 3 is 1.79 bits per heavy atom. The molecule has 0 radical (unpaired) electrons. The van der Waals surface area contributed by atoms with Gasteiger partial charge in [0.05, 0.1) is 0 Å². The quantitative estimate of drug-likeness (QED) is 0.559. The Kier molecular flexibility index (Phi) is 5.06. The second kappa shape index (κ2) is 7.23. The molecule has 3 aromatic carbocycles. The summed E-state index contributed by atoms with van der Waals surface area (Å²) in [5, 5.41) is 0. The van der Waals surface area contributed by atoms with Crippen LogP contribution in [0.1, 0.15) is 23.6 Å². The SMILES string of the molecule is CC(Cc1ccccc1)(Cc1ccccc1)c1cc(Br)ccc1N. The third kappa shape index (κ3) is 3.88. The highest BCUT2D eigenvalue weighted by Crippen LogP contribution is 2.37. The van der Waals surface area contributed by atoms with Gasteiger partial charge in [-0.3, -0.25) is 0 Å². The molecular formula is C22H22BrN. The normalized spacial score (nSPS) is 11.4. The summed E-state index contributed by atoms with van der Waals surface area (Å²) in [6, 6.07) is 27.5. The van der Waals surface area contributed by atoms with Gasteiger partial charge in [0.1, 0.15) is 0 Å². The average molecular weight is 380 g/mol. The Labute approximate surface area is 152 Å². The summed E-state index contributed by atoms with van der Waals surface area (Å²) >= 11 is 3.60. The van der Waals surface area contributed by atoms with Crippen LogP contribution in [-0.2, 0) is 18.3 Å². The topological polar surface area (TPSA) is 26.0 Å². The van der Waals surface area contributed by atoms with Crippen molar-refractivity contribution in [3.05, 3.63) is 100 Å². The molecule has 1 nitrogen and oxygen atoms in total. The molecule has 0 aliphatic heterocycles. The van der Waals surface area contributed by atoms with Crippen LogP contribution in [0.5, 0.6) is 0 Å². The Bertz CT molecular complexity index is 755. The number of nitrogen functional groups attached to an aromatic ring is 1. The molecule has 0 saturated carbocycles. The molecule has 0 unspecified atom stereocenters. The van der Waals surface area contributed by atoms with Crippen LogP contribution < -0.4 is 5.73 Å². The first-order valence-corrected chi connectivity index (χ1v) is 8.99. The van der Waals surface area contributed by atoms with Gasteiger partial charge >= 0.3 is 0 Å². The molecule has 0 aromatic heterocycles. The van der Waals surface area contributed by atoms with Gasteiger partial charge in [-0.2, -0.15) is 0 Å². The summed E-state index contributed by atoms with van der Waals surface area (Å²) in [4.78, 5) is 0. The lowest BCUT2D eigenvalue weighted by Crippen LogP contribution is -2.29. The van der Waals surface area contributed by atoms with Crippen LogP contribution in [0.15, 0.2) is 83.3 Å². The number of hydrogen-bond acceptors (Lipinski definition) is 1. The van der Waals surface area contributed by atoms with Gasteiger partial charge in [-0.05, 0) is 47.7 Å². The van der Waals surface area contributed by atoms with Crippen molar-refractivity contribution in [3.8, 4) is 0 Å². The number of hydrogen-bond donors (Lipinski definition) is 1. The molecule has 3 aromatic rings. The molecule has 0 amide bonds. The van der Waals surface area contributed by atoms with Gasteiger partial charge < -0.3 is 5.73 Å². The zero-order valence-corrected chi connectivity index (χ0v) is 15.5. The van der Waals surface area contributed by atoms with E-state index in [1.54, 1.807) is 0 Å². The highest BCUT2D eigenvalue weighted by atomic mass is 79.9. The van der Waals surface area contributed by atoms with Crippen molar-refractivity contribution in [2.75, 3.05) is 5.73 Å². The van der Waals surface area contributed by atoms with Crippen LogP contribution in [0.2, 0.25) is 0 Å². The van der Waals surface area contributed by atoms with E-state index in [0.29, 0.717) is 0 Å². The van der Waals surface area contributed by atoms with E-state index in [2.05, 4.69) is 89.6 Å². The zero-order chi connectivity index (χ0) is 17.0. The van der Waals surface area contributed by atoms with Crippen molar-refractivity contribution in [3.63, 3.8) is 0 Å². The molecule has 0 saturated heterocycles. The fourth-order valence-corrected chi connectivity index (χ4v) is 3.76. The molecular weight excluding hydrogens is 358 g/mol. The Morgan fingerprint density at radius 1 is 0.792 bits per heavy atom. The van der Waals surface area contributed by atoms with Crippen molar-refractivity contribution >= 4 is 21.6 Å². The standard InChI is InChI=1S/C22H22BrN/c1-22(15-17-8-4-2-5-9-17,16-18-10-6-3-7-11-18)20-14-19(23)12-13-21(20)24/h2-14H,15-16,24H2,1H3. The molecule has 0 spiro atoms. The maximum Gasteiger partial charge on any atom is 0.0353 e. The van der Waals surface area contributed by atoms with Gasteiger partial charge in [-0.25, -0.2) is 0 Å². The van der Waals surface area contributed by atoms with Crippen molar-refractivity contribution in [1.29, 1.82) is 0 Å². The molecule has 0 heterocycles. The van der Waals surface area contributed by atoms with Crippen LogP contribution in [0, 0.1) is 0 Å². The largest absolute Gasteiger partial charge is 0.398 e. The number of halogens is 1. The number of nitrogens with two attached hydrogens (primary N) is 1. The minimum Gasteiger partial charge on any atom is -0.398 e. The number of anilines is 1. The first kappa shape index (κ1) is 16.8. The second-order valence-corrected chi connectivity index (χ2v) is 7.53. The lowest BCUT2D eigenvalue weighted by Gasteiger charge is -2.32. The fourth-order valence-electron chi connectivity index (χ4n) is 3.40. The third-order valence-electron chi connectivity index (χ3n) is 4.54. The second-order valence-electron chi connectivity index (χ2n) is 6.62. The van der Waals surface area contributed by atoms with E-state index in [1.807, 2.05) is 12.1 Å². The lowest BCUT2D eigenvalue weighted by atomic mass is 9.72. The molecule has 0 aliphatic rings. The summed E-state index contributed by atoms with van der Waals surface area (Å²) in [7, 11) is 0. The van der Waals surface area contributed by atoms with Crippen molar-refractivity contribution in [2.24, 2.45) is 0 Å². The van der Waals surface area contributed by atoms with E-state index < -0.39 is 0 Å². The Hall–Kier alpha value is -2.06. The molecule has 0 aliphatic carbocycles. The van der Waals surface area contributed by atoms with Gasteiger partial charge in [0.15, 0.2) is 0 Å². The number of rotatable bonds is 5. The van der Waals surface area contributed by atoms with Crippen molar-refractivity contribution in [2.45, 2.75) is 25.2 Å². The van der Waals surface area contributed by atoms with E-state index in [9.17, 15) is 0 Å². The minimum absolute atomic E-state index is 0.0728. The molecule has 2 heteroatoms. The summed E-state index contributed by atoms with van der Waals surface area (Å²) in [5.41, 5.74) is 11.0. The minimum atomic E-state index is -0.0728. The van der Waals surface area contributed by atoms with E-state index in [1.165, 1.54) is 16.7 Å². The summed E-state index contributed by atoms with van der Waals surface area (Å²) in [5.74, 6) is 0. The van der Waals surface area contributed by atoms with Gasteiger partial charge in [0.25, 0.3) is 0 Å². The van der Waals surface area contributed by atoms with E-state index in [-0.39, 0.29) is 5.41 Å². The monoisotopic (exact) mass is 379 g/mol. The van der Waals surface area contributed by atoms with Crippen LogP contribution in [0.3, 0.4) is 0 Å². The van der Waals surface area contributed by atoms with Crippen LogP contribution in [-0.4, -0.2) is 0 Å². The molecule has 0 bridgehead atoms. The molecule has 3 rings (SSSR count). The molecule has 0 fully saturated rings. The molecule has 24 heavy (non-hydrogen) atoms. The summed E-state index contributed by atoms with van der Waals surface area (Å²) in [6.07, 6.45) is 1.90. The highest BCUT2D eigenvalue weighted by molar-refractivity contribution is 9.10. The van der Waals surface area contributed by atoms with Gasteiger partial charge in [-0.1, -0.05) is 83.5 Å². The Balaban J connectivity index is 2.04.